The summed E-state index contributed by atoms with van der Waals surface area (Å²) in [5.74, 6) is 0.542. The molecule has 0 aromatic carbocycles. The van der Waals surface area contributed by atoms with Crippen molar-refractivity contribution in [1.29, 1.82) is 0 Å². The molecule has 1 fully saturated rings. The second-order valence-corrected chi connectivity index (χ2v) is 11.7. The Morgan fingerprint density at radius 2 is 1.97 bits per heavy atom. The van der Waals surface area contributed by atoms with E-state index in [2.05, 4.69) is 31.3 Å². The largest absolute Gasteiger partial charge is 0.511 e. The predicted molar refractivity (Wildman–Crippen MR) is 143 cm³/mol. The average molecular weight is 577 g/mol. The summed E-state index contributed by atoms with van der Waals surface area (Å²) in [5, 5.41) is 18.0. The topological polar surface area (TPSA) is 139 Å². The number of nitrogens with one attached hydrogen (secondary N) is 1. The van der Waals surface area contributed by atoms with Crippen molar-refractivity contribution in [3.8, 4) is 0 Å². The number of aliphatic hydroxyl groups is 1. The van der Waals surface area contributed by atoms with E-state index in [1.807, 2.05) is 18.2 Å². The Hall–Kier alpha value is -2.96. The first-order valence-electron chi connectivity index (χ1n) is 11.6. The lowest BCUT2D eigenvalue weighted by Crippen LogP contribution is -2.40. The van der Waals surface area contributed by atoms with Crippen LogP contribution < -0.4 is 11.1 Å². The summed E-state index contributed by atoms with van der Waals surface area (Å²) in [6, 6.07) is 5.86. The third-order valence-corrected chi connectivity index (χ3v) is 8.86. The first-order valence-corrected chi connectivity index (χ1v) is 13.8. The van der Waals surface area contributed by atoms with E-state index in [0.29, 0.717) is 43.7 Å². The molecule has 0 saturated carbocycles. The Kier molecular flexibility index (Phi) is 7.67. The molecule has 1 saturated heterocycles. The molecule has 0 unspecified atom stereocenters. The maximum Gasteiger partial charge on any atom is 0.248 e. The zero-order valence-electron chi connectivity index (χ0n) is 20.4. The number of nitrogens with two attached hydrogens (primary N) is 1. The van der Waals surface area contributed by atoms with Crippen LogP contribution in [0.5, 0.6) is 0 Å². The number of rotatable bonds is 7. The van der Waals surface area contributed by atoms with Crippen LogP contribution in [0.25, 0.3) is 5.65 Å². The van der Waals surface area contributed by atoms with Gasteiger partial charge in [-0.3, -0.25) is 4.98 Å². The fourth-order valence-corrected chi connectivity index (χ4v) is 6.41. The summed E-state index contributed by atoms with van der Waals surface area (Å²) in [7, 11) is -3.93. The zero-order chi connectivity index (χ0) is 26.0. The third kappa shape index (κ3) is 5.25. The number of hydrogen-bond acceptors (Lipinski definition) is 8. The monoisotopic (exact) mass is 575 g/mol. The molecule has 4 N–H and O–H groups in total. The molecule has 0 bridgehead atoms. The van der Waals surface area contributed by atoms with Gasteiger partial charge in [0.05, 0.1) is 16.4 Å². The van der Waals surface area contributed by atoms with Crippen molar-refractivity contribution in [2.75, 3.05) is 18.4 Å². The number of sulfonamides is 1. The lowest BCUT2D eigenvalue weighted by atomic mass is 9.94. The van der Waals surface area contributed by atoms with E-state index in [1.54, 1.807) is 37.0 Å². The van der Waals surface area contributed by atoms with Crippen molar-refractivity contribution in [3.63, 3.8) is 0 Å². The number of aliphatic hydroxyl groups excluding tert-OH is 1. The minimum absolute atomic E-state index is 0.0608. The van der Waals surface area contributed by atoms with Gasteiger partial charge in [0, 0.05) is 49.7 Å². The van der Waals surface area contributed by atoms with Crippen LogP contribution in [0.2, 0.25) is 0 Å². The first-order chi connectivity index (χ1) is 17.1. The van der Waals surface area contributed by atoms with E-state index in [9.17, 15) is 13.5 Å². The van der Waals surface area contributed by atoms with E-state index in [4.69, 9.17) is 10.7 Å². The normalized spacial score (nSPS) is 16.1. The Morgan fingerprint density at radius 1 is 1.25 bits per heavy atom. The highest BCUT2D eigenvalue weighted by Gasteiger charge is 2.35. The number of fused-ring (bicyclic) bond motifs is 1. The molecule has 36 heavy (non-hydrogen) atoms. The predicted octanol–water partition coefficient (Wildman–Crippen LogP) is 4.05. The van der Waals surface area contributed by atoms with Gasteiger partial charge in [0.1, 0.15) is 16.5 Å². The highest BCUT2D eigenvalue weighted by Crippen LogP contribution is 2.33. The van der Waals surface area contributed by atoms with E-state index in [-0.39, 0.29) is 22.3 Å². The average Bonchev–Trinajstić information content (AvgIpc) is 3.23. The molecule has 1 aliphatic rings. The van der Waals surface area contributed by atoms with E-state index < -0.39 is 10.0 Å². The fraction of sp³-hybridized carbons (Fsp3) is 0.375. The van der Waals surface area contributed by atoms with Gasteiger partial charge in [-0.05, 0) is 61.2 Å². The van der Waals surface area contributed by atoms with Crippen LogP contribution in [0.1, 0.15) is 50.8 Å². The van der Waals surface area contributed by atoms with Crippen LogP contribution in [0, 0.1) is 0 Å². The molecule has 3 aromatic rings. The minimum atomic E-state index is -3.93. The van der Waals surface area contributed by atoms with Crippen LogP contribution in [0.3, 0.4) is 0 Å². The number of allylic oxidation sites excluding steroid dienone is 2. The van der Waals surface area contributed by atoms with Crippen molar-refractivity contribution in [3.05, 3.63) is 74.5 Å². The number of piperidine rings is 1. The second-order valence-electron chi connectivity index (χ2n) is 9.02. The van der Waals surface area contributed by atoms with Gasteiger partial charge >= 0.3 is 0 Å². The molecule has 192 valence electrons. The van der Waals surface area contributed by atoms with Crippen molar-refractivity contribution in [2.24, 2.45) is 5.73 Å². The summed E-state index contributed by atoms with van der Waals surface area (Å²) in [6.07, 6.45) is 6.42. The number of anilines is 1. The van der Waals surface area contributed by atoms with E-state index >= 15 is 0 Å². The van der Waals surface area contributed by atoms with Crippen LogP contribution in [0.15, 0.2) is 63.2 Å². The molecule has 3 aromatic heterocycles. The van der Waals surface area contributed by atoms with Gasteiger partial charge in [-0.25, -0.2) is 13.4 Å². The van der Waals surface area contributed by atoms with Gasteiger partial charge in [-0.1, -0.05) is 11.6 Å². The van der Waals surface area contributed by atoms with Crippen molar-refractivity contribution in [2.45, 2.75) is 46.1 Å². The summed E-state index contributed by atoms with van der Waals surface area (Å²) >= 11 is 3.53. The molecular weight excluding hydrogens is 546 g/mol. The second kappa shape index (κ2) is 10.6. The molecule has 4 heterocycles. The minimum Gasteiger partial charge on any atom is -0.511 e. The Balaban J connectivity index is 1.57. The van der Waals surface area contributed by atoms with Crippen LogP contribution in [-0.4, -0.2) is 50.5 Å². The number of aromatic nitrogens is 4. The summed E-state index contributed by atoms with van der Waals surface area (Å²) in [6.45, 7) is 5.95. The molecule has 1 aliphatic heterocycles. The Morgan fingerprint density at radius 3 is 2.58 bits per heavy atom. The lowest BCUT2D eigenvalue weighted by Gasteiger charge is -2.32. The molecule has 0 aliphatic carbocycles. The highest BCUT2D eigenvalue weighted by molar-refractivity contribution is 9.10. The molecule has 4 rings (SSSR count). The highest BCUT2D eigenvalue weighted by atomic mass is 79.9. The number of halogens is 1. The van der Waals surface area contributed by atoms with Crippen LogP contribution in [0.4, 0.5) is 5.82 Å². The molecule has 0 amide bonds. The lowest BCUT2D eigenvalue weighted by molar-refractivity contribution is 0.318. The van der Waals surface area contributed by atoms with Gasteiger partial charge in [-0.2, -0.15) is 13.9 Å². The van der Waals surface area contributed by atoms with Crippen molar-refractivity contribution in [1.82, 2.24) is 23.9 Å². The maximum absolute atomic E-state index is 13.3. The number of pyridine rings is 1. The SMILES string of the molecule is CC(C)=C(N)/C(=C(/C)O)S(=O)(=O)N1CCC(c2cc(NCc3cccnc3)n3ncc(Br)c3n2)CC1. The van der Waals surface area contributed by atoms with Gasteiger partial charge in [0.2, 0.25) is 10.0 Å². The molecule has 0 spiro atoms. The standard InChI is InChI=1S/C24H30BrN7O3S/c1-15(2)22(26)23(16(3)33)36(34,35)31-9-6-18(7-10-31)20-11-21(28-13-17-5-4-8-27-12-17)32-24(30-20)19(25)14-29-32/h4-5,8,11-12,14,18,28,33H,6-7,9-10,13,26H2,1-3H3/b23-16+. The third-order valence-electron chi connectivity index (χ3n) is 6.23. The smallest absolute Gasteiger partial charge is 0.248 e. The van der Waals surface area contributed by atoms with Gasteiger partial charge < -0.3 is 16.2 Å². The van der Waals surface area contributed by atoms with Crippen molar-refractivity contribution < 1.29 is 13.5 Å². The van der Waals surface area contributed by atoms with Gasteiger partial charge in [-0.15, -0.1) is 0 Å². The van der Waals surface area contributed by atoms with Crippen LogP contribution in [-0.2, 0) is 16.6 Å². The number of hydrogen-bond donors (Lipinski definition) is 3. The van der Waals surface area contributed by atoms with Gasteiger partial charge in [0.25, 0.3) is 0 Å². The Bertz CT molecular complexity index is 1420. The molecule has 0 atom stereocenters. The van der Waals surface area contributed by atoms with Crippen LogP contribution >= 0.6 is 15.9 Å². The zero-order valence-corrected chi connectivity index (χ0v) is 22.8. The fourth-order valence-electron chi connectivity index (χ4n) is 4.25. The maximum atomic E-state index is 13.3. The summed E-state index contributed by atoms with van der Waals surface area (Å²) in [5.41, 5.74) is 9.34. The molecule has 0 radical (unpaired) electrons. The van der Waals surface area contributed by atoms with E-state index in [0.717, 1.165) is 21.5 Å². The first kappa shape index (κ1) is 26.1. The van der Waals surface area contributed by atoms with E-state index in [1.165, 1.54) is 11.2 Å². The quantitative estimate of drug-likeness (QED) is 0.283. The summed E-state index contributed by atoms with van der Waals surface area (Å²) < 4.78 is 30.6. The molecular formula is C24H30BrN7O3S. The Labute approximate surface area is 219 Å². The number of nitrogens with zero attached hydrogens (tertiary/aromatic N) is 5. The summed E-state index contributed by atoms with van der Waals surface area (Å²) in [4.78, 5) is 8.77. The van der Waals surface area contributed by atoms with Crippen molar-refractivity contribution >= 4 is 37.4 Å². The molecule has 12 heteroatoms. The van der Waals surface area contributed by atoms with Gasteiger partial charge in [0.15, 0.2) is 5.65 Å². The molecule has 10 nitrogen and oxygen atoms in total.